The summed E-state index contributed by atoms with van der Waals surface area (Å²) in [6.07, 6.45) is 2.90. The molecule has 2 saturated carbocycles. The van der Waals surface area contributed by atoms with E-state index in [-0.39, 0.29) is 41.4 Å². The van der Waals surface area contributed by atoms with Crippen molar-refractivity contribution < 1.29 is 23.9 Å². The molecule has 1 aromatic rings. The molecule has 1 N–H and O–H groups in total. The zero-order valence-electron chi connectivity index (χ0n) is 17.6. The van der Waals surface area contributed by atoms with Crippen LogP contribution in [0.5, 0.6) is 0 Å². The number of aryl methyl sites for hydroxylation is 1. The highest BCUT2D eigenvalue weighted by Crippen LogP contribution is 2.56. The van der Waals surface area contributed by atoms with Crippen LogP contribution in [-0.4, -0.2) is 41.2 Å². The van der Waals surface area contributed by atoms with Crippen LogP contribution in [0.1, 0.15) is 38.7 Å². The summed E-state index contributed by atoms with van der Waals surface area (Å²) < 4.78 is 5.23. The van der Waals surface area contributed by atoms with E-state index >= 15 is 0 Å². The van der Waals surface area contributed by atoms with Crippen molar-refractivity contribution in [2.75, 3.05) is 11.9 Å². The fourth-order valence-corrected chi connectivity index (χ4v) is 5.44. The largest absolute Gasteiger partial charge is 0.454 e. The van der Waals surface area contributed by atoms with Gasteiger partial charge in [-0.05, 0) is 56.1 Å². The van der Waals surface area contributed by atoms with E-state index in [2.05, 4.69) is 5.32 Å². The molecule has 0 radical (unpaired) electrons. The summed E-state index contributed by atoms with van der Waals surface area (Å²) in [5.41, 5.74) is 1.67. The van der Waals surface area contributed by atoms with Gasteiger partial charge in [-0.1, -0.05) is 31.5 Å². The van der Waals surface area contributed by atoms with Gasteiger partial charge in [0.1, 0.15) is 6.04 Å². The third kappa shape index (κ3) is 3.50. The number of rotatable bonds is 6. The summed E-state index contributed by atoms with van der Waals surface area (Å²) in [6, 6.07) is 6.26. The van der Waals surface area contributed by atoms with E-state index in [4.69, 9.17) is 4.74 Å². The van der Waals surface area contributed by atoms with Crippen molar-refractivity contribution in [2.24, 2.45) is 29.6 Å². The topological polar surface area (TPSA) is 92.8 Å². The number of esters is 1. The number of ether oxygens (including phenoxy) is 1. The Labute approximate surface area is 176 Å². The Morgan fingerprint density at radius 1 is 1.07 bits per heavy atom. The number of imide groups is 1. The van der Waals surface area contributed by atoms with Crippen molar-refractivity contribution in [1.82, 2.24) is 4.90 Å². The van der Waals surface area contributed by atoms with Crippen molar-refractivity contribution in [3.8, 4) is 0 Å². The summed E-state index contributed by atoms with van der Waals surface area (Å²) in [5, 5.41) is 2.67. The molecule has 1 aromatic carbocycles. The Hall–Kier alpha value is -2.70. The highest BCUT2D eigenvalue weighted by molar-refractivity contribution is 6.08. The number of nitrogens with one attached hydrogen (secondary N) is 1. The summed E-state index contributed by atoms with van der Waals surface area (Å²) in [5.74, 6) is -2.01. The third-order valence-corrected chi connectivity index (χ3v) is 6.79. The second-order valence-corrected chi connectivity index (χ2v) is 9.14. The monoisotopic (exact) mass is 412 g/mol. The van der Waals surface area contributed by atoms with E-state index in [0.717, 1.165) is 29.7 Å². The lowest BCUT2D eigenvalue weighted by atomic mass is 9.81. The van der Waals surface area contributed by atoms with Crippen LogP contribution in [0.15, 0.2) is 24.3 Å². The van der Waals surface area contributed by atoms with Crippen molar-refractivity contribution in [1.29, 1.82) is 0 Å². The average Bonchev–Trinajstić information content (AvgIpc) is 3.38. The van der Waals surface area contributed by atoms with Crippen LogP contribution in [0.2, 0.25) is 0 Å². The van der Waals surface area contributed by atoms with Crippen molar-refractivity contribution >= 4 is 29.4 Å². The van der Waals surface area contributed by atoms with Crippen LogP contribution in [0.25, 0.3) is 0 Å². The third-order valence-electron chi connectivity index (χ3n) is 6.79. The van der Waals surface area contributed by atoms with Gasteiger partial charge in [-0.2, -0.15) is 0 Å². The van der Waals surface area contributed by atoms with E-state index < -0.39 is 24.5 Å². The second kappa shape index (κ2) is 7.85. The molecule has 0 aromatic heterocycles. The number of carbonyl (C=O) groups is 4. The van der Waals surface area contributed by atoms with Gasteiger partial charge < -0.3 is 10.1 Å². The number of amides is 3. The van der Waals surface area contributed by atoms with Crippen LogP contribution in [0.3, 0.4) is 0 Å². The van der Waals surface area contributed by atoms with Crippen LogP contribution in [0, 0.1) is 36.5 Å². The van der Waals surface area contributed by atoms with E-state index in [1.54, 1.807) is 26.0 Å². The van der Waals surface area contributed by atoms with Crippen LogP contribution in [0.4, 0.5) is 5.69 Å². The first kappa shape index (κ1) is 20.6. The molecular weight excluding hydrogens is 384 g/mol. The minimum Gasteiger partial charge on any atom is -0.454 e. The number of fused-ring (bicyclic) bond motifs is 5. The summed E-state index contributed by atoms with van der Waals surface area (Å²) in [7, 11) is 0. The lowest BCUT2D eigenvalue weighted by Gasteiger charge is -2.28. The van der Waals surface area contributed by atoms with E-state index in [1.807, 2.05) is 19.1 Å². The molecule has 4 rings (SSSR count). The molecule has 2 aliphatic carbocycles. The van der Waals surface area contributed by atoms with Crippen LogP contribution < -0.4 is 5.32 Å². The Kier molecular flexibility index (Phi) is 5.38. The zero-order chi connectivity index (χ0) is 21.6. The van der Waals surface area contributed by atoms with Gasteiger partial charge in [0, 0.05) is 5.69 Å². The van der Waals surface area contributed by atoms with Gasteiger partial charge in [-0.25, -0.2) is 4.79 Å². The molecule has 0 spiro atoms. The molecule has 2 bridgehead atoms. The molecule has 3 fully saturated rings. The SMILES string of the molecule is Cc1ccc(NC(=O)COC(=O)[C@@H](C(C)C)N2C(=O)[C@@H]3[C@H]4CC[C@@H](C4)[C@@H]3C2=O)cc1. The van der Waals surface area contributed by atoms with E-state index in [0.29, 0.717) is 5.69 Å². The maximum Gasteiger partial charge on any atom is 0.330 e. The molecule has 3 amide bonds. The normalized spacial score (nSPS) is 28.1. The van der Waals surface area contributed by atoms with Gasteiger partial charge in [0.15, 0.2) is 6.61 Å². The van der Waals surface area contributed by atoms with Gasteiger partial charge in [0.2, 0.25) is 11.8 Å². The van der Waals surface area contributed by atoms with Gasteiger partial charge in [0.25, 0.3) is 5.91 Å². The minimum atomic E-state index is -0.998. The first-order valence-electron chi connectivity index (χ1n) is 10.7. The van der Waals surface area contributed by atoms with Crippen LogP contribution in [-0.2, 0) is 23.9 Å². The molecule has 3 aliphatic rings. The van der Waals surface area contributed by atoms with Gasteiger partial charge in [-0.15, -0.1) is 0 Å². The van der Waals surface area contributed by atoms with Crippen molar-refractivity contribution in [2.45, 2.75) is 46.1 Å². The molecule has 5 atom stereocenters. The highest BCUT2D eigenvalue weighted by atomic mass is 16.5. The van der Waals surface area contributed by atoms with Crippen LogP contribution >= 0.6 is 0 Å². The molecule has 1 saturated heterocycles. The first-order chi connectivity index (χ1) is 14.3. The van der Waals surface area contributed by atoms with Gasteiger partial charge in [0.05, 0.1) is 11.8 Å². The lowest BCUT2D eigenvalue weighted by Crippen LogP contribution is -2.50. The maximum atomic E-state index is 13.1. The molecule has 7 nitrogen and oxygen atoms in total. The Bertz CT molecular complexity index is 850. The summed E-state index contributed by atoms with van der Waals surface area (Å²) >= 11 is 0. The standard InChI is InChI=1S/C23H28N2O5/c1-12(2)20(23(29)30-11-17(26)24-16-8-4-13(3)5-9-16)25-21(27)18-14-6-7-15(10-14)19(18)22(25)28/h4-5,8-9,12,14-15,18-20H,6-7,10-11H2,1-3H3,(H,24,26)/t14-,15-,18-,19+,20+/m0/s1. The van der Waals surface area contributed by atoms with Crippen molar-refractivity contribution in [3.05, 3.63) is 29.8 Å². The highest BCUT2D eigenvalue weighted by Gasteiger charge is 2.62. The number of carbonyl (C=O) groups excluding carboxylic acids is 4. The Morgan fingerprint density at radius 3 is 2.17 bits per heavy atom. The molecule has 7 heteroatoms. The summed E-state index contributed by atoms with van der Waals surface area (Å²) in [4.78, 5) is 52.2. The van der Waals surface area contributed by atoms with Crippen molar-refractivity contribution in [3.63, 3.8) is 0 Å². The molecule has 30 heavy (non-hydrogen) atoms. The number of hydrogen-bond donors (Lipinski definition) is 1. The quantitative estimate of drug-likeness (QED) is 0.573. The summed E-state index contributed by atoms with van der Waals surface area (Å²) in [6.45, 7) is 5.04. The Balaban J connectivity index is 1.41. The predicted molar refractivity (Wildman–Crippen MR) is 109 cm³/mol. The van der Waals surface area contributed by atoms with Gasteiger partial charge >= 0.3 is 5.97 Å². The number of likely N-dealkylation sites (tertiary alicyclic amines) is 1. The number of benzene rings is 1. The zero-order valence-corrected chi connectivity index (χ0v) is 17.6. The predicted octanol–water partition coefficient (Wildman–Crippen LogP) is 2.53. The fraction of sp³-hybridized carbons (Fsp3) is 0.565. The smallest absolute Gasteiger partial charge is 0.330 e. The Morgan fingerprint density at radius 2 is 1.63 bits per heavy atom. The number of hydrogen-bond acceptors (Lipinski definition) is 5. The lowest BCUT2D eigenvalue weighted by molar-refractivity contribution is -0.162. The molecule has 160 valence electrons. The number of nitrogens with zero attached hydrogens (tertiary/aromatic N) is 1. The second-order valence-electron chi connectivity index (χ2n) is 9.14. The maximum absolute atomic E-state index is 13.1. The molecular formula is C23H28N2O5. The van der Waals surface area contributed by atoms with Gasteiger partial charge in [-0.3, -0.25) is 19.3 Å². The average molecular weight is 412 g/mol. The molecule has 1 aliphatic heterocycles. The number of anilines is 1. The van der Waals surface area contributed by atoms with E-state index in [9.17, 15) is 19.2 Å². The fourth-order valence-electron chi connectivity index (χ4n) is 5.44. The molecule has 1 heterocycles. The molecule has 0 unspecified atom stereocenters. The first-order valence-corrected chi connectivity index (χ1v) is 10.7. The minimum absolute atomic E-state index is 0.239. The van der Waals surface area contributed by atoms with E-state index in [1.165, 1.54) is 0 Å².